The first-order chi connectivity index (χ1) is 11.3. The Bertz CT molecular complexity index is 568. The minimum absolute atomic E-state index is 0.0262. The van der Waals surface area contributed by atoms with E-state index < -0.39 is 17.6 Å². The Hall–Kier alpha value is -2.08. The fourth-order valence-electron chi connectivity index (χ4n) is 2.71. The number of hydrogen-bond donors (Lipinski definition) is 1. The second-order valence-corrected chi connectivity index (χ2v) is 7.07. The summed E-state index contributed by atoms with van der Waals surface area (Å²) in [4.78, 5) is 27.9. The van der Waals surface area contributed by atoms with Crippen molar-refractivity contribution in [3.63, 3.8) is 0 Å². The number of carbonyl (C=O) groups is 2. The van der Waals surface area contributed by atoms with E-state index in [0.717, 1.165) is 5.56 Å². The molecule has 1 aromatic carbocycles. The quantitative estimate of drug-likeness (QED) is 0.916. The molecule has 0 bridgehead atoms. The van der Waals surface area contributed by atoms with Gasteiger partial charge in [-0.25, -0.2) is 4.79 Å². The zero-order valence-electron chi connectivity index (χ0n) is 14.6. The number of rotatable bonds is 3. The predicted molar refractivity (Wildman–Crippen MR) is 90.2 cm³/mol. The first kappa shape index (κ1) is 18.3. The monoisotopic (exact) mass is 334 g/mol. The van der Waals surface area contributed by atoms with Crippen molar-refractivity contribution < 1.29 is 19.4 Å². The van der Waals surface area contributed by atoms with Crippen molar-refractivity contribution in [3.05, 3.63) is 35.9 Å². The number of aliphatic hydroxyl groups excluding tert-OH is 1. The van der Waals surface area contributed by atoms with Crippen molar-refractivity contribution in [3.8, 4) is 0 Å². The SMILES string of the molecule is CC(C)(C)C(=O)N1CCN(C(=O)OCc2ccccc2)C(CO)C1. The van der Waals surface area contributed by atoms with Crippen molar-refractivity contribution in [1.82, 2.24) is 9.80 Å². The van der Waals surface area contributed by atoms with Crippen LogP contribution in [0.4, 0.5) is 4.79 Å². The molecule has 1 aliphatic rings. The van der Waals surface area contributed by atoms with E-state index in [-0.39, 0.29) is 19.1 Å². The number of aliphatic hydroxyl groups is 1. The lowest BCUT2D eigenvalue weighted by Crippen LogP contribution is -2.59. The number of ether oxygens (including phenoxy) is 1. The third-order valence-corrected chi connectivity index (χ3v) is 4.06. The van der Waals surface area contributed by atoms with Gasteiger partial charge in [0.15, 0.2) is 0 Å². The van der Waals surface area contributed by atoms with E-state index in [2.05, 4.69) is 0 Å². The summed E-state index contributed by atoms with van der Waals surface area (Å²) >= 11 is 0. The van der Waals surface area contributed by atoms with Gasteiger partial charge < -0.3 is 14.7 Å². The minimum Gasteiger partial charge on any atom is -0.445 e. The topological polar surface area (TPSA) is 70.1 Å². The van der Waals surface area contributed by atoms with E-state index in [1.165, 1.54) is 4.90 Å². The molecular weight excluding hydrogens is 308 g/mol. The van der Waals surface area contributed by atoms with E-state index in [1.807, 2.05) is 51.1 Å². The van der Waals surface area contributed by atoms with Crippen LogP contribution in [0, 0.1) is 5.41 Å². The molecule has 0 spiro atoms. The van der Waals surface area contributed by atoms with Crippen molar-refractivity contribution >= 4 is 12.0 Å². The van der Waals surface area contributed by atoms with Crippen LogP contribution in [0.25, 0.3) is 0 Å². The largest absolute Gasteiger partial charge is 0.445 e. The summed E-state index contributed by atoms with van der Waals surface area (Å²) in [5.74, 6) is 0.0262. The fraction of sp³-hybridized carbons (Fsp3) is 0.556. The molecule has 1 aliphatic heterocycles. The Morgan fingerprint density at radius 1 is 1.21 bits per heavy atom. The van der Waals surface area contributed by atoms with Gasteiger partial charge in [0, 0.05) is 25.0 Å². The predicted octanol–water partition coefficient (Wildman–Crippen LogP) is 1.87. The molecule has 2 rings (SSSR count). The third kappa shape index (κ3) is 4.47. The van der Waals surface area contributed by atoms with E-state index in [4.69, 9.17) is 4.74 Å². The molecule has 6 nitrogen and oxygen atoms in total. The molecule has 132 valence electrons. The highest BCUT2D eigenvalue weighted by atomic mass is 16.6. The smallest absolute Gasteiger partial charge is 0.410 e. The van der Waals surface area contributed by atoms with Gasteiger partial charge >= 0.3 is 6.09 Å². The number of amides is 2. The molecule has 0 radical (unpaired) electrons. The van der Waals surface area contributed by atoms with Crippen LogP contribution in [-0.4, -0.2) is 59.2 Å². The molecule has 1 aromatic rings. The summed E-state index contributed by atoms with van der Waals surface area (Å²) in [6.45, 7) is 6.73. The highest BCUT2D eigenvalue weighted by Crippen LogP contribution is 2.21. The zero-order valence-corrected chi connectivity index (χ0v) is 14.6. The van der Waals surface area contributed by atoms with Crippen molar-refractivity contribution in [2.75, 3.05) is 26.2 Å². The number of benzene rings is 1. The van der Waals surface area contributed by atoms with Crippen molar-refractivity contribution in [2.24, 2.45) is 5.41 Å². The zero-order chi connectivity index (χ0) is 17.7. The second kappa shape index (κ2) is 7.66. The third-order valence-electron chi connectivity index (χ3n) is 4.06. The molecule has 1 unspecified atom stereocenters. The van der Waals surface area contributed by atoms with Crippen LogP contribution in [-0.2, 0) is 16.1 Å². The van der Waals surface area contributed by atoms with Gasteiger partial charge in [0.25, 0.3) is 0 Å². The molecule has 1 atom stereocenters. The first-order valence-corrected chi connectivity index (χ1v) is 8.20. The highest BCUT2D eigenvalue weighted by Gasteiger charge is 2.36. The lowest BCUT2D eigenvalue weighted by atomic mass is 9.94. The molecule has 1 N–H and O–H groups in total. The maximum atomic E-state index is 12.4. The van der Waals surface area contributed by atoms with Gasteiger partial charge in [-0.2, -0.15) is 0 Å². The van der Waals surface area contributed by atoms with Gasteiger partial charge in [0.2, 0.25) is 5.91 Å². The van der Waals surface area contributed by atoms with Crippen LogP contribution in [0.5, 0.6) is 0 Å². The van der Waals surface area contributed by atoms with Gasteiger partial charge in [0.05, 0.1) is 12.6 Å². The average molecular weight is 334 g/mol. The van der Waals surface area contributed by atoms with E-state index >= 15 is 0 Å². The van der Waals surface area contributed by atoms with Crippen LogP contribution in [0.15, 0.2) is 30.3 Å². The second-order valence-electron chi connectivity index (χ2n) is 7.07. The highest BCUT2D eigenvalue weighted by molar-refractivity contribution is 5.82. The number of carbonyl (C=O) groups excluding carboxylic acids is 2. The number of hydrogen-bond acceptors (Lipinski definition) is 4. The van der Waals surface area contributed by atoms with E-state index in [1.54, 1.807) is 4.90 Å². The summed E-state index contributed by atoms with van der Waals surface area (Å²) in [7, 11) is 0. The van der Waals surface area contributed by atoms with Crippen LogP contribution in [0.3, 0.4) is 0 Å². The van der Waals surface area contributed by atoms with E-state index in [0.29, 0.717) is 19.6 Å². The summed E-state index contributed by atoms with van der Waals surface area (Å²) in [6, 6.07) is 9.01. The maximum Gasteiger partial charge on any atom is 0.410 e. The number of nitrogens with zero attached hydrogens (tertiary/aromatic N) is 2. The number of piperazine rings is 1. The standard InChI is InChI=1S/C18H26N2O4/c1-18(2,3)16(22)19-9-10-20(15(11-19)12-21)17(23)24-13-14-7-5-4-6-8-14/h4-8,15,21H,9-13H2,1-3H3. The van der Waals surface area contributed by atoms with Crippen LogP contribution >= 0.6 is 0 Å². The van der Waals surface area contributed by atoms with Gasteiger partial charge in [-0.1, -0.05) is 51.1 Å². The lowest BCUT2D eigenvalue weighted by molar-refractivity contribution is -0.142. The molecule has 0 aliphatic carbocycles. The molecule has 0 saturated carbocycles. The van der Waals surface area contributed by atoms with Gasteiger partial charge in [-0.05, 0) is 5.56 Å². The average Bonchev–Trinajstić information content (AvgIpc) is 2.58. The summed E-state index contributed by atoms with van der Waals surface area (Å²) in [5, 5.41) is 9.61. The molecule has 0 aromatic heterocycles. The summed E-state index contributed by atoms with van der Waals surface area (Å²) < 4.78 is 5.34. The molecule has 2 amide bonds. The Labute approximate surface area is 143 Å². The molecule has 1 heterocycles. The Morgan fingerprint density at radius 2 is 1.88 bits per heavy atom. The first-order valence-electron chi connectivity index (χ1n) is 8.20. The minimum atomic E-state index is -0.476. The molecule has 1 fully saturated rings. The fourth-order valence-corrected chi connectivity index (χ4v) is 2.71. The van der Waals surface area contributed by atoms with Gasteiger partial charge in [-0.3, -0.25) is 9.69 Å². The van der Waals surface area contributed by atoms with Gasteiger partial charge in [-0.15, -0.1) is 0 Å². The maximum absolute atomic E-state index is 12.4. The van der Waals surface area contributed by atoms with Crippen LogP contribution in [0.2, 0.25) is 0 Å². The van der Waals surface area contributed by atoms with E-state index in [9.17, 15) is 14.7 Å². The summed E-state index contributed by atoms with van der Waals surface area (Å²) in [6.07, 6.45) is -0.458. The Morgan fingerprint density at radius 3 is 2.46 bits per heavy atom. The lowest BCUT2D eigenvalue weighted by Gasteiger charge is -2.41. The Kier molecular flexibility index (Phi) is 5.83. The molecule has 24 heavy (non-hydrogen) atoms. The Balaban J connectivity index is 1.94. The van der Waals surface area contributed by atoms with Crippen molar-refractivity contribution in [1.29, 1.82) is 0 Å². The molecule has 6 heteroatoms. The molecule has 1 saturated heterocycles. The van der Waals surface area contributed by atoms with Gasteiger partial charge in [0.1, 0.15) is 6.61 Å². The molecular formula is C18H26N2O4. The van der Waals surface area contributed by atoms with Crippen molar-refractivity contribution in [2.45, 2.75) is 33.4 Å². The normalized spacial score (nSPS) is 18.4. The van der Waals surface area contributed by atoms with Crippen LogP contribution < -0.4 is 0 Å². The summed E-state index contributed by atoms with van der Waals surface area (Å²) in [5.41, 5.74) is 0.434. The van der Waals surface area contributed by atoms with Crippen LogP contribution in [0.1, 0.15) is 26.3 Å².